The molecule has 5 nitrogen and oxygen atoms in total. The Balaban J connectivity index is 3.77. The number of rotatable bonds is 3. The van der Waals surface area contributed by atoms with Gasteiger partial charge in [0.05, 0.1) is 5.29 Å². The van der Waals surface area contributed by atoms with Gasteiger partial charge in [0.25, 0.3) is 0 Å². The maximum Gasteiger partial charge on any atom is 0.432 e. The van der Waals surface area contributed by atoms with Gasteiger partial charge in [-0.1, -0.05) is 6.92 Å². The Hall–Kier alpha value is -1.13. The number of nitroso groups, excluding NO2 is 1. The lowest BCUT2D eigenvalue weighted by Crippen LogP contribution is -2.25. The van der Waals surface area contributed by atoms with E-state index in [2.05, 4.69) is 5.29 Å². The molecule has 0 radical (unpaired) electrons. The molecule has 0 saturated heterocycles. The Bertz CT molecular complexity index is 149. The zero-order valence-electron chi connectivity index (χ0n) is 6.90. The van der Waals surface area contributed by atoms with Crippen molar-refractivity contribution in [3.05, 3.63) is 4.91 Å². The first-order valence-corrected chi connectivity index (χ1v) is 3.39. The molecule has 64 valence electrons. The van der Waals surface area contributed by atoms with Crippen molar-refractivity contribution in [2.24, 2.45) is 5.29 Å². The van der Waals surface area contributed by atoms with E-state index in [1.54, 1.807) is 6.92 Å². The number of ether oxygens (including phenoxy) is 1. The second kappa shape index (κ2) is 4.65. The third-order valence-electron chi connectivity index (χ3n) is 1.26. The maximum atomic E-state index is 10.8. The Morgan fingerprint density at radius 1 is 1.73 bits per heavy atom. The van der Waals surface area contributed by atoms with Crippen molar-refractivity contribution in [1.29, 1.82) is 0 Å². The molecule has 0 aromatic rings. The molecule has 1 amide bonds. The van der Waals surface area contributed by atoms with Gasteiger partial charge in [-0.2, -0.15) is 5.01 Å². The first-order chi connectivity index (χ1) is 5.11. The topological polar surface area (TPSA) is 59.0 Å². The number of carbonyl (C=O) groups is 1. The molecule has 1 atom stereocenters. The summed E-state index contributed by atoms with van der Waals surface area (Å²) >= 11 is 0. The van der Waals surface area contributed by atoms with Gasteiger partial charge in [0.1, 0.15) is 6.10 Å². The molecule has 11 heavy (non-hydrogen) atoms. The largest absolute Gasteiger partial charge is 0.445 e. The van der Waals surface area contributed by atoms with E-state index in [0.717, 1.165) is 6.42 Å². The van der Waals surface area contributed by atoms with E-state index in [9.17, 15) is 9.70 Å². The molecule has 0 aliphatic rings. The SMILES string of the molecule is CCC(C)OC(=O)N(C)N=O. The highest BCUT2D eigenvalue weighted by molar-refractivity contribution is 5.66. The zero-order valence-corrected chi connectivity index (χ0v) is 6.90. The summed E-state index contributed by atoms with van der Waals surface area (Å²) in [7, 11) is 1.25. The fraction of sp³-hybridized carbons (Fsp3) is 0.833. The van der Waals surface area contributed by atoms with Crippen molar-refractivity contribution in [3.8, 4) is 0 Å². The predicted octanol–water partition coefficient (Wildman–Crippen LogP) is 1.53. The van der Waals surface area contributed by atoms with Crippen LogP contribution in [0.15, 0.2) is 5.29 Å². The van der Waals surface area contributed by atoms with Gasteiger partial charge in [0.15, 0.2) is 0 Å². The standard InChI is InChI=1S/C6H12N2O3/c1-4-5(2)11-6(9)8(3)7-10/h5H,4H2,1-3H3. The van der Waals surface area contributed by atoms with E-state index < -0.39 is 6.09 Å². The molecule has 0 aliphatic heterocycles. The van der Waals surface area contributed by atoms with Crippen LogP contribution in [0.5, 0.6) is 0 Å². The zero-order chi connectivity index (χ0) is 8.85. The van der Waals surface area contributed by atoms with E-state index >= 15 is 0 Å². The summed E-state index contributed by atoms with van der Waals surface area (Å²) in [4.78, 5) is 20.5. The molecule has 0 spiro atoms. The highest BCUT2D eigenvalue weighted by atomic mass is 16.6. The molecule has 0 bridgehead atoms. The van der Waals surface area contributed by atoms with E-state index in [1.807, 2.05) is 6.92 Å². The molecule has 0 fully saturated rings. The van der Waals surface area contributed by atoms with Gasteiger partial charge in [-0.15, -0.1) is 4.91 Å². The quantitative estimate of drug-likeness (QED) is 0.464. The molecular weight excluding hydrogens is 148 g/mol. The average Bonchev–Trinajstić information content (AvgIpc) is 2.02. The molecule has 0 rings (SSSR count). The van der Waals surface area contributed by atoms with Gasteiger partial charge in [0, 0.05) is 7.05 Å². The van der Waals surface area contributed by atoms with Gasteiger partial charge in [-0.05, 0) is 13.3 Å². The van der Waals surface area contributed by atoms with Crippen molar-refractivity contribution in [1.82, 2.24) is 5.01 Å². The maximum absolute atomic E-state index is 10.8. The van der Waals surface area contributed by atoms with Crippen molar-refractivity contribution in [3.63, 3.8) is 0 Å². The minimum absolute atomic E-state index is 0.174. The smallest absolute Gasteiger partial charge is 0.432 e. The fourth-order valence-electron chi connectivity index (χ4n) is 0.365. The lowest BCUT2D eigenvalue weighted by Gasteiger charge is -2.12. The summed E-state index contributed by atoms with van der Waals surface area (Å²) in [5.41, 5.74) is 0. The molecule has 5 heteroatoms. The van der Waals surface area contributed by atoms with Gasteiger partial charge in [-0.25, -0.2) is 4.79 Å². The lowest BCUT2D eigenvalue weighted by atomic mass is 10.3. The monoisotopic (exact) mass is 160 g/mol. The molecule has 0 aromatic heterocycles. The normalized spacial score (nSPS) is 11.9. The number of hydrogen-bond donors (Lipinski definition) is 0. The van der Waals surface area contributed by atoms with Crippen molar-refractivity contribution in [2.45, 2.75) is 26.4 Å². The summed E-state index contributed by atoms with van der Waals surface area (Å²) in [6, 6.07) is 0. The van der Waals surface area contributed by atoms with Crippen LogP contribution in [0.1, 0.15) is 20.3 Å². The van der Waals surface area contributed by atoms with Crippen LogP contribution in [0, 0.1) is 4.91 Å². The third-order valence-corrected chi connectivity index (χ3v) is 1.26. The van der Waals surface area contributed by atoms with Crippen LogP contribution in [0.3, 0.4) is 0 Å². The average molecular weight is 160 g/mol. The van der Waals surface area contributed by atoms with Crippen molar-refractivity contribution >= 4 is 6.09 Å². The first kappa shape index (κ1) is 9.87. The van der Waals surface area contributed by atoms with E-state index in [0.29, 0.717) is 5.01 Å². The highest BCUT2D eigenvalue weighted by Crippen LogP contribution is 1.99. The minimum Gasteiger partial charge on any atom is -0.445 e. The lowest BCUT2D eigenvalue weighted by molar-refractivity contribution is 0.0755. The molecule has 0 heterocycles. The number of nitrogens with zero attached hydrogens (tertiary/aromatic N) is 2. The summed E-state index contributed by atoms with van der Waals surface area (Å²) in [5, 5.41) is 3.00. The minimum atomic E-state index is -0.714. The second-order valence-corrected chi connectivity index (χ2v) is 2.21. The highest BCUT2D eigenvalue weighted by Gasteiger charge is 2.12. The molecule has 0 aliphatic carbocycles. The van der Waals surface area contributed by atoms with Crippen LogP contribution in [-0.4, -0.2) is 24.3 Å². The Morgan fingerprint density at radius 3 is 2.64 bits per heavy atom. The van der Waals surface area contributed by atoms with Gasteiger partial charge in [0.2, 0.25) is 0 Å². The van der Waals surface area contributed by atoms with Crippen LogP contribution < -0.4 is 0 Å². The van der Waals surface area contributed by atoms with Gasteiger partial charge >= 0.3 is 6.09 Å². The third kappa shape index (κ3) is 3.54. The molecular formula is C6H12N2O3. The molecule has 0 saturated carbocycles. The van der Waals surface area contributed by atoms with Gasteiger partial charge < -0.3 is 4.74 Å². The summed E-state index contributed by atoms with van der Waals surface area (Å²) in [5.74, 6) is 0. The summed E-state index contributed by atoms with van der Waals surface area (Å²) in [6.07, 6.45) is -0.167. The predicted molar refractivity (Wildman–Crippen MR) is 39.8 cm³/mol. The first-order valence-electron chi connectivity index (χ1n) is 3.39. The second-order valence-electron chi connectivity index (χ2n) is 2.21. The Kier molecular flexibility index (Phi) is 4.17. The number of hydrogen-bond acceptors (Lipinski definition) is 4. The molecule has 0 N–H and O–H groups in total. The van der Waals surface area contributed by atoms with Crippen LogP contribution in [0.2, 0.25) is 0 Å². The van der Waals surface area contributed by atoms with Crippen molar-refractivity contribution < 1.29 is 9.53 Å². The van der Waals surface area contributed by atoms with E-state index in [4.69, 9.17) is 4.74 Å². The Morgan fingerprint density at radius 2 is 2.27 bits per heavy atom. The van der Waals surface area contributed by atoms with Gasteiger partial charge in [-0.3, -0.25) is 0 Å². The van der Waals surface area contributed by atoms with Crippen LogP contribution >= 0.6 is 0 Å². The number of amides is 1. The molecule has 1 unspecified atom stereocenters. The Labute approximate surface area is 65.3 Å². The van der Waals surface area contributed by atoms with E-state index in [-0.39, 0.29) is 6.10 Å². The van der Waals surface area contributed by atoms with Crippen molar-refractivity contribution in [2.75, 3.05) is 7.05 Å². The fourth-order valence-corrected chi connectivity index (χ4v) is 0.365. The molecule has 0 aromatic carbocycles. The van der Waals surface area contributed by atoms with Crippen LogP contribution in [-0.2, 0) is 4.74 Å². The van der Waals surface area contributed by atoms with E-state index in [1.165, 1.54) is 7.05 Å². The summed E-state index contributed by atoms with van der Waals surface area (Å²) in [6.45, 7) is 3.63. The van der Waals surface area contributed by atoms with Crippen LogP contribution in [0.25, 0.3) is 0 Å². The van der Waals surface area contributed by atoms with Crippen LogP contribution in [0.4, 0.5) is 4.79 Å². The summed E-state index contributed by atoms with van der Waals surface area (Å²) < 4.78 is 4.75. The number of carbonyl (C=O) groups excluding carboxylic acids is 1.